The number of carbonyl (C=O) groups is 1. The second-order valence-electron chi connectivity index (χ2n) is 3.90. The Morgan fingerprint density at radius 2 is 2.20 bits per heavy atom. The first-order chi connectivity index (χ1) is 7.03. The fourth-order valence-electron chi connectivity index (χ4n) is 1.67. The molecule has 0 saturated carbocycles. The third-order valence-corrected chi connectivity index (χ3v) is 4.40. The topological polar surface area (TPSA) is 75.3 Å². The van der Waals surface area contributed by atoms with E-state index in [1.165, 1.54) is 0 Å². The summed E-state index contributed by atoms with van der Waals surface area (Å²) in [5, 5.41) is 5.64. The molecule has 1 amide bonds. The standard InChI is InChI=1S/C9H18N2O3S/c1-10-9(12)2-4-11-6-8-3-5-15(13,14)7-8/h8,11H,2-7H2,1H3,(H,10,12). The highest BCUT2D eigenvalue weighted by Gasteiger charge is 2.27. The van der Waals surface area contributed by atoms with E-state index in [1.54, 1.807) is 7.05 Å². The second-order valence-corrected chi connectivity index (χ2v) is 6.13. The molecule has 0 aliphatic carbocycles. The molecule has 0 bridgehead atoms. The number of sulfone groups is 1. The molecule has 1 unspecified atom stereocenters. The molecule has 1 atom stereocenters. The van der Waals surface area contributed by atoms with Gasteiger partial charge in [-0.1, -0.05) is 0 Å². The second kappa shape index (κ2) is 5.46. The molecular weight excluding hydrogens is 216 g/mol. The lowest BCUT2D eigenvalue weighted by atomic mass is 10.1. The fraction of sp³-hybridized carbons (Fsp3) is 0.889. The summed E-state index contributed by atoms with van der Waals surface area (Å²) in [7, 11) is -1.17. The first-order valence-corrected chi connectivity index (χ1v) is 6.97. The SMILES string of the molecule is CNC(=O)CCNCC1CCS(=O)(=O)C1. The summed E-state index contributed by atoms with van der Waals surface area (Å²) in [5.74, 6) is 0.829. The number of rotatable bonds is 5. The Kier molecular flexibility index (Phi) is 4.53. The third-order valence-electron chi connectivity index (χ3n) is 2.57. The van der Waals surface area contributed by atoms with Gasteiger partial charge in [0.1, 0.15) is 0 Å². The van der Waals surface area contributed by atoms with Gasteiger partial charge in [0.15, 0.2) is 9.84 Å². The van der Waals surface area contributed by atoms with Crippen LogP contribution in [0, 0.1) is 5.92 Å². The van der Waals surface area contributed by atoms with E-state index in [0.29, 0.717) is 31.0 Å². The van der Waals surface area contributed by atoms with Crippen molar-refractivity contribution >= 4 is 15.7 Å². The molecular formula is C9H18N2O3S. The van der Waals surface area contributed by atoms with Gasteiger partial charge in [0.2, 0.25) is 5.91 Å². The van der Waals surface area contributed by atoms with Crippen LogP contribution >= 0.6 is 0 Å². The van der Waals surface area contributed by atoms with Crippen molar-refractivity contribution in [2.45, 2.75) is 12.8 Å². The predicted molar refractivity (Wildman–Crippen MR) is 58.3 cm³/mol. The molecule has 0 aromatic heterocycles. The number of hydrogen-bond donors (Lipinski definition) is 2. The molecule has 5 nitrogen and oxygen atoms in total. The smallest absolute Gasteiger partial charge is 0.221 e. The van der Waals surface area contributed by atoms with Gasteiger partial charge >= 0.3 is 0 Å². The van der Waals surface area contributed by atoms with Crippen molar-refractivity contribution < 1.29 is 13.2 Å². The fourth-order valence-corrected chi connectivity index (χ4v) is 3.53. The van der Waals surface area contributed by atoms with Crippen LogP contribution in [0.25, 0.3) is 0 Å². The molecule has 0 radical (unpaired) electrons. The van der Waals surface area contributed by atoms with Gasteiger partial charge in [0.25, 0.3) is 0 Å². The Morgan fingerprint density at radius 3 is 2.73 bits per heavy atom. The molecule has 1 rings (SSSR count). The summed E-state index contributed by atoms with van der Waals surface area (Å²) >= 11 is 0. The lowest BCUT2D eigenvalue weighted by Crippen LogP contribution is -2.28. The highest BCUT2D eigenvalue weighted by molar-refractivity contribution is 7.91. The Hall–Kier alpha value is -0.620. The van der Waals surface area contributed by atoms with Gasteiger partial charge in [-0.05, 0) is 18.9 Å². The number of nitrogens with one attached hydrogen (secondary N) is 2. The van der Waals surface area contributed by atoms with Crippen LogP contribution in [-0.2, 0) is 14.6 Å². The van der Waals surface area contributed by atoms with Crippen molar-refractivity contribution in [3.63, 3.8) is 0 Å². The van der Waals surface area contributed by atoms with Crippen LogP contribution in [0.15, 0.2) is 0 Å². The van der Waals surface area contributed by atoms with E-state index < -0.39 is 9.84 Å². The number of amides is 1. The van der Waals surface area contributed by atoms with Crippen LogP contribution < -0.4 is 10.6 Å². The number of carbonyl (C=O) groups excluding carboxylic acids is 1. The zero-order valence-corrected chi connectivity index (χ0v) is 9.77. The molecule has 88 valence electrons. The molecule has 2 N–H and O–H groups in total. The largest absolute Gasteiger partial charge is 0.359 e. The minimum absolute atomic E-state index is 0.00143. The van der Waals surface area contributed by atoms with Crippen molar-refractivity contribution in [2.75, 3.05) is 31.6 Å². The zero-order valence-electron chi connectivity index (χ0n) is 8.95. The summed E-state index contributed by atoms with van der Waals surface area (Å²) in [6, 6.07) is 0. The first-order valence-electron chi connectivity index (χ1n) is 5.15. The van der Waals surface area contributed by atoms with Gasteiger partial charge in [0, 0.05) is 20.0 Å². The normalized spacial score (nSPS) is 23.9. The zero-order chi connectivity index (χ0) is 11.3. The van der Waals surface area contributed by atoms with Crippen LogP contribution in [0.3, 0.4) is 0 Å². The van der Waals surface area contributed by atoms with Crippen LogP contribution in [0.2, 0.25) is 0 Å². The molecule has 15 heavy (non-hydrogen) atoms. The highest BCUT2D eigenvalue weighted by atomic mass is 32.2. The van der Waals surface area contributed by atoms with Gasteiger partial charge < -0.3 is 10.6 Å². The number of hydrogen-bond acceptors (Lipinski definition) is 4. The molecule has 1 fully saturated rings. The summed E-state index contributed by atoms with van der Waals surface area (Å²) < 4.78 is 22.3. The average Bonchev–Trinajstić information content (AvgIpc) is 2.52. The quantitative estimate of drug-likeness (QED) is 0.607. The van der Waals surface area contributed by atoms with Gasteiger partial charge in [-0.3, -0.25) is 4.79 Å². The van der Waals surface area contributed by atoms with Crippen molar-refractivity contribution in [1.29, 1.82) is 0 Å². The van der Waals surface area contributed by atoms with Gasteiger partial charge in [-0.25, -0.2) is 8.42 Å². The van der Waals surface area contributed by atoms with E-state index in [9.17, 15) is 13.2 Å². The summed E-state index contributed by atoms with van der Waals surface area (Å²) in [5.41, 5.74) is 0. The van der Waals surface area contributed by atoms with E-state index in [2.05, 4.69) is 10.6 Å². The van der Waals surface area contributed by atoms with Gasteiger partial charge in [0.05, 0.1) is 11.5 Å². The van der Waals surface area contributed by atoms with Crippen LogP contribution in [0.5, 0.6) is 0 Å². The van der Waals surface area contributed by atoms with E-state index in [0.717, 1.165) is 6.42 Å². The van der Waals surface area contributed by atoms with Crippen LogP contribution in [0.1, 0.15) is 12.8 Å². The molecule has 0 aromatic rings. The Bertz CT molecular complexity index is 313. The van der Waals surface area contributed by atoms with Crippen molar-refractivity contribution in [1.82, 2.24) is 10.6 Å². The summed E-state index contributed by atoms with van der Waals surface area (Å²) in [6.45, 7) is 1.30. The van der Waals surface area contributed by atoms with E-state index >= 15 is 0 Å². The van der Waals surface area contributed by atoms with Gasteiger partial charge in [-0.15, -0.1) is 0 Å². The monoisotopic (exact) mass is 234 g/mol. The molecule has 0 aromatic carbocycles. The van der Waals surface area contributed by atoms with Crippen molar-refractivity contribution in [3.05, 3.63) is 0 Å². The molecule has 1 aliphatic heterocycles. The third kappa shape index (κ3) is 4.61. The van der Waals surface area contributed by atoms with E-state index in [1.807, 2.05) is 0 Å². The minimum Gasteiger partial charge on any atom is -0.359 e. The minimum atomic E-state index is -2.77. The first kappa shape index (κ1) is 12.4. The lowest BCUT2D eigenvalue weighted by Gasteiger charge is -2.08. The van der Waals surface area contributed by atoms with Crippen LogP contribution in [0.4, 0.5) is 0 Å². The molecule has 0 spiro atoms. The maximum Gasteiger partial charge on any atom is 0.221 e. The Labute approximate surface area is 90.5 Å². The van der Waals surface area contributed by atoms with Gasteiger partial charge in [-0.2, -0.15) is 0 Å². The highest BCUT2D eigenvalue weighted by Crippen LogP contribution is 2.17. The summed E-state index contributed by atoms with van der Waals surface area (Å²) in [4.78, 5) is 10.9. The van der Waals surface area contributed by atoms with E-state index in [4.69, 9.17) is 0 Å². The maximum atomic E-state index is 11.1. The molecule has 6 heteroatoms. The molecule has 1 heterocycles. The Morgan fingerprint density at radius 1 is 1.47 bits per heavy atom. The Balaban J connectivity index is 2.09. The van der Waals surface area contributed by atoms with Crippen molar-refractivity contribution in [3.8, 4) is 0 Å². The summed E-state index contributed by atoms with van der Waals surface area (Å²) in [6.07, 6.45) is 1.19. The maximum absolute atomic E-state index is 11.1. The lowest BCUT2D eigenvalue weighted by molar-refractivity contribution is -0.120. The van der Waals surface area contributed by atoms with Crippen molar-refractivity contribution in [2.24, 2.45) is 5.92 Å². The predicted octanol–water partition coefficient (Wildman–Crippen LogP) is -0.853. The molecule has 1 aliphatic rings. The van der Waals surface area contributed by atoms with Crippen LogP contribution in [-0.4, -0.2) is 46.0 Å². The molecule has 1 saturated heterocycles. The van der Waals surface area contributed by atoms with E-state index in [-0.39, 0.29) is 11.8 Å². The average molecular weight is 234 g/mol.